The molecule has 1 aliphatic rings. The van der Waals surface area contributed by atoms with Crippen LogP contribution in [0, 0.1) is 5.92 Å². The van der Waals surface area contributed by atoms with Gasteiger partial charge in [-0.05, 0) is 49.1 Å². The van der Waals surface area contributed by atoms with Crippen molar-refractivity contribution in [2.75, 3.05) is 27.3 Å². The Hall–Kier alpha value is -2.53. The van der Waals surface area contributed by atoms with Gasteiger partial charge in [-0.25, -0.2) is 0 Å². The van der Waals surface area contributed by atoms with Gasteiger partial charge in [-0.3, -0.25) is 9.69 Å². The molecular weight excluding hydrogens is 354 g/mol. The number of benzene rings is 2. The molecule has 1 aliphatic heterocycles. The molecule has 150 valence electrons. The third-order valence-corrected chi connectivity index (χ3v) is 5.61. The number of hydrogen-bond acceptors (Lipinski definition) is 4. The Morgan fingerprint density at radius 2 is 1.93 bits per heavy atom. The number of carboxylic acids is 1. The van der Waals surface area contributed by atoms with Gasteiger partial charge in [-0.1, -0.05) is 31.2 Å². The highest BCUT2D eigenvalue weighted by molar-refractivity contribution is 5.70. The van der Waals surface area contributed by atoms with Crippen LogP contribution in [0.4, 0.5) is 0 Å². The predicted octanol–water partition coefficient (Wildman–Crippen LogP) is 4.15. The van der Waals surface area contributed by atoms with Gasteiger partial charge < -0.3 is 14.6 Å². The van der Waals surface area contributed by atoms with Gasteiger partial charge in [0.25, 0.3) is 0 Å². The molecule has 0 bridgehead atoms. The standard InChI is InChI=1S/C23H29NO4/c1-4-16-7-9-17(10-8-16)22(24-13-5-6-18(15-24)23(25)26)20-12-11-19(27-2)14-21(20)28-3/h7-12,14,18,22H,4-6,13,15H2,1-3H3,(H,25,26). The first kappa shape index (κ1) is 20.2. The van der Waals surface area contributed by atoms with Crippen molar-refractivity contribution in [1.29, 1.82) is 0 Å². The fourth-order valence-corrected chi connectivity index (χ4v) is 4.01. The topological polar surface area (TPSA) is 59.0 Å². The van der Waals surface area contributed by atoms with Crippen molar-refractivity contribution in [3.8, 4) is 11.5 Å². The van der Waals surface area contributed by atoms with E-state index in [0.29, 0.717) is 6.54 Å². The summed E-state index contributed by atoms with van der Waals surface area (Å²) in [5.74, 6) is 0.436. The largest absolute Gasteiger partial charge is 0.497 e. The number of ether oxygens (including phenoxy) is 2. The summed E-state index contributed by atoms with van der Waals surface area (Å²) in [7, 11) is 3.29. The number of carboxylic acid groups (broad SMARTS) is 1. The van der Waals surface area contributed by atoms with E-state index in [1.165, 1.54) is 5.56 Å². The highest BCUT2D eigenvalue weighted by Crippen LogP contribution is 2.39. The minimum Gasteiger partial charge on any atom is -0.497 e. The van der Waals surface area contributed by atoms with Crippen molar-refractivity contribution >= 4 is 5.97 Å². The quantitative estimate of drug-likeness (QED) is 0.778. The fraction of sp³-hybridized carbons (Fsp3) is 0.435. The highest BCUT2D eigenvalue weighted by atomic mass is 16.5. The molecule has 3 rings (SSSR count). The summed E-state index contributed by atoms with van der Waals surface area (Å²) >= 11 is 0. The van der Waals surface area contributed by atoms with E-state index in [2.05, 4.69) is 36.1 Å². The Morgan fingerprint density at radius 3 is 2.54 bits per heavy atom. The van der Waals surface area contributed by atoms with Crippen LogP contribution in [0.25, 0.3) is 0 Å². The Morgan fingerprint density at radius 1 is 1.18 bits per heavy atom. The Bertz CT molecular complexity index is 803. The van der Waals surface area contributed by atoms with Crippen molar-refractivity contribution < 1.29 is 19.4 Å². The first-order valence-corrected chi connectivity index (χ1v) is 9.85. The number of hydrogen-bond donors (Lipinski definition) is 1. The van der Waals surface area contributed by atoms with Gasteiger partial charge >= 0.3 is 5.97 Å². The monoisotopic (exact) mass is 383 g/mol. The predicted molar refractivity (Wildman–Crippen MR) is 109 cm³/mol. The molecule has 2 aromatic rings. The van der Waals surface area contributed by atoms with Gasteiger partial charge in [-0.15, -0.1) is 0 Å². The molecule has 1 fully saturated rings. The molecule has 0 aliphatic carbocycles. The molecule has 0 saturated carbocycles. The first-order valence-electron chi connectivity index (χ1n) is 9.85. The van der Waals surface area contributed by atoms with Crippen LogP contribution in [0.1, 0.15) is 42.5 Å². The first-order chi connectivity index (χ1) is 13.6. The lowest BCUT2D eigenvalue weighted by atomic mass is 9.90. The highest BCUT2D eigenvalue weighted by Gasteiger charge is 2.32. The Kier molecular flexibility index (Phi) is 6.57. The van der Waals surface area contributed by atoms with Crippen LogP contribution in [0.5, 0.6) is 11.5 Å². The maximum absolute atomic E-state index is 11.6. The van der Waals surface area contributed by atoms with Gasteiger partial charge in [-0.2, -0.15) is 0 Å². The maximum atomic E-state index is 11.6. The average molecular weight is 383 g/mol. The van der Waals surface area contributed by atoms with E-state index in [1.54, 1.807) is 14.2 Å². The van der Waals surface area contributed by atoms with E-state index in [9.17, 15) is 9.90 Å². The zero-order valence-corrected chi connectivity index (χ0v) is 16.9. The summed E-state index contributed by atoms with van der Waals surface area (Å²) in [4.78, 5) is 13.9. The summed E-state index contributed by atoms with van der Waals surface area (Å²) in [6, 6.07) is 14.4. The summed E-state index contributed by atoms with van der Waals surface area (Å²) in [6.07, 6.45) is 2.59. The van der Waals surface area contributed by atoms with Gasteiger partial charge in [0.2, 0.25) is 0 Å². The van der Waals surface area contributed by atoms with E-state index in [0.717, 1.165) is 48.4 Å². The normalized spacial score (nSPS) is 18.5. The third-order valence-electron chi connectivity index (χ3n) is 5.61. The number of aryl methyl sites for hydroxylation is 1. The number of aliphatic carboxylic acids is 1. The smallest absolute Gasteiger partial charge is 0.307 e. The minimum absolute atomic E-state index is 0.0612. The van der Waals surface area contributed by atoms with Crippen molar-refractivity contribution in [2.24, 2.45) is 5.92 Å². The lowest BCUT2D eigenvalue weighted by Gasteiger charge is -2.38. The van der Waals surface area contributed by atoms with Gasteiger partial charge in [0.1, 0.15) is 11.5 Å². The second-order valence-electron chi connectivity index (χ2n) is 7.28. The number of likely N-dealkylation sites (tertiary alicyclic amines) is 1. The van der Waals surface area contributed by atoms with Gasteiger partial charge in [0, 0.05) is 18.2 Å². The number of methoxy groups -OCH3 is 2. The van der Waals surface area contributed by atoms with Crippen LogP contribution < -0.4 is 9.47 Å². The van der Waals surface area contributed by atoms with Crippen LogP contribution in [0.15, 0.2) is 42.5 Å². The molecule has 1 heterocycles. The molecule has 2 unspecified atom stereocenters. The molecule has 28 heavy (non-hydrogen) atoms. The van der Waals surface area contributed by atoms with Crippen molar-refractivity contribution in [3.05, 3.63) is 59.2 Å². The SMILES string of the molecule is CCc1ccc(C(c2ccc(OC)cc2OC)N2CCCC(C(=O)O)C2)cc1. The second-order valence-corrected chi connectivity index (χ2v) is 7.28. The van der Waals surface area contributed by atoms with E-state index < -0.39 is 5.97 Å². The summed E-state index contributed by atoms with van der Waals surface area (Å²) in [5.41, 5.74) is 3.46. The lowest BCUT2D eigenvalue weighted by Crippen LogP contribution is -2.41. The summed E-state index contributed by atoms with van der Waals surface area (Å²) < 4.78 is 11.0. The molecule has 0 aromatic heterocycles. The molecule has 5 heteroatoms. The van der Waals surface area contributed by atoms with E-state index in [4.69, 9.17) is 9.47 Å². The molecule has 2 aromatic carbocycles. The number of nitrogens with zero attached hydrogens (tertiary/aromatic N) is 1. The minimum atomic E-state index is -0.716. The zero-order valence-electron chi connectivity index (χ0n) is 16.9. The molecule has 0 amide bonds. The lowest BCUT2D eigenvalue weighted by molar-refractivity contribution is -0.143. The van der Waals surface area contributed by atoms with Crippen LogP contribution in [-0.4, -0.2) is 43.3 Å². The molecule has 1 N–H and O–H groups in total. The Labute approximate surface area is 166 Å². The van der Waals surface area contributed by atoms with Gasteiger partial charge in [0.15, 0.2) is 0 Å². The second kappa shape index (κ2) is 9.11. The summed E-state index contributed by atoms with van der Waals surface area (Å²) in [6.45, 7) is 3.53. The van der Waals surface area contributed by atoms with E-state index in [1.807, 2.05) is 18.2 Å². The Balaban J connectivity index is 2.05. The van der Waals surface area contributed by atoms with E-state index in [-0.39, 0.29) is 12.0 Å². The number of rotatable bonds is 7. The van der Waals surface area contributed by atoms with Crippen molar-refractivity contribution in [3.63, 3.8) is 0 Å². The van der Waals surface area contributed by atoms with Crippen LogP contribution >= 0.6 is 0 Å². The molecule has 1 saturated heterocycles. The number of piperidine rings is 1. The molecule has 2 atom stereocenters. The molecule has 5 nitrogen and oxygen atoms in total. The number of carbonyl (C=O) groups is 1. The van der Waals surface area contributed by atoms with Gasteiger partial charge in [0.05, 0.1) is 26.2 Å². The van der Waals surface area contributed by atoms with Crippen LogP contribution in [-0.2, 0) is 11.2 Å². The third kappa shape index (κ3) is 4.30. The fourth-order valence-electron chi connectivity index (χ4n) is 4.01. The maximum Gasteiger partial charge on any atom is 0.307 e. The van der Waals surface area contributed by atoms with Crippen molar-refractivity contribution in [2.45, 2.75) is 32.2 Å². The summed E-state index contributed by atoms with van der Waals surface area (Å²) in [5, 5.41) is 9.55. The van der Waals surface area contributed by atoms with Crippen LogP contribution in [0.2, 0.25) is 0 Å². The molecular formula is C23H29NO4. The molecule has 0 spiro atoms. The molecule has 0 radical (unpaired) electrons. The van der Waals surface area contributed by atoms with Crippen LogP contribution in [0.3, 0.4) is 0 Å². The zero-order chi connectivity index (χ0) is 20.1. The van der Waals surface area contributed by atoms with E-state index >= 15 is 0 Å². The van der Waals surface area contributed by atoms with Crippen molar-refractivity contribution in [1.82, 2.24) is 4.90 Å². The average Bonchev–Trinajstić information content (AvgIpc) is 2.74.